The van der Waals surface area contributed by atoms with Gasteiger partial charge < -0.3 is 5.32 Å². The van der Waals surface area contributed by atoms with E-state index in [-0.39, 0.29) is 0 Å². The normalized spacial score (nSPS) is 13.2. The van der Waals surface area contributed by atoms with Crippen LogP contribution >= 0.6 is 0 Å². The van der Waals surface area contributed by atoms with E-state index in [2.05, 4.69) is 39.6 Å². The zero-order valence-corrected chi connectivity index (χ0v) is 8.94. The third-order valence-corrected chi connectivity index (χ3v) is 2.00. The van der Waals surface area contributed by atoms with Gasteiger partial charge in [0.05, 0.1) is 0 Å². The second kappa shape index (κ2) is 5.02. The molecule has 0 heterocycles. The molecular weight excluding hydrogens is 146 g/mol. The van der Waals surface area contributed by atoms with E-state index in [1.54, 1.807) is 0 Å². The second-order valence-electron chi connectivity index (χ2n) is 3.63. The molecule has 0 atom stereocenters. The van der Waals surface area contributed by atoms with Gasteiger partial charge >= 0.3 is 0 Å². The molecule has 0 aliphatic heterocycles. The highest BCUT2D eigenvalue weighted by molar-refractivity contribution is 5.25. The van der Waals surface area contributed by atoms with E-state index in [4.69, 9.17) is 0 Å². The van der Waals surface area contributed by atoms with Crippen LogP contribution in [-0.4, -0.2) is 7.05 Å². The minimum Gasteiger partial charge on any atom is -0.391 e. The Morgan fingerprint density at radius 2 is 1.67 bits per heavy atom. The van der Waals surface area contributed by atoms with Gasteiger partial charge in [-0.1, -0.05) is 40.3 Å². The molecule has 0 amide bonds. The minimum absolute atomic E-state index is 0.547. The van der Waals surface area contributed by atoms with E-state index in [0.29, 0.717) is 11.8 Å². The van der Waals surface area contributed by atoms with Crippen molar-refractivity contribution in [3.05, 3.63) is 23.9 Å². The lowest BCUT2D eigenvalue weighted by atomic mass is 9.95. The van der Waals surface area contributed by atoms with Gasteiger partial charge in [-0.2, -0.15) is 0 Å². The minimum atomic E-state index is 0.547. The largest absolute Gasteiger partial charge is 0.391 e. The van der Waals surface area contributed by atoms with E-state index in [9.17, 15) is 0 Å². The Labute approximate surface area is 76.6 Å². The zero-order valence-electron chi connectivity index (χ0n) is 8.94. The summed E-state index contributed by atoms with van der Waals surface area (Å²) >= 11 is 0. The Kier molecular flexibility index (Phi) is 4.72. The van der Waals surface area contributed by atoms with Crippen LogP contribution in [0.1, 0.15) is 27.7 Å². The predicted molar refractivity (Wildman–Crippen MR) is 56.0 cm³/mol. The molecule has 1 heteroatoms. The third-order valence-electron chi connectivity index (χ3n) is 2.00. The molecule has 0 rings (SSSR count). The summed E-state index contributed by atoms with van der Waals surface area (Å²) in [5, 5.41) is 3.24. The summed E-state index contributed by atoms with van der Waals surface area (Å²) in [5.74, 6) is 1.10. The summed E-state index contributed by atoms with van der Waals surface area (Å²) < 4.78 is 0. The first-order valence-electron chi connectivity index (χ1n) is 4.58. The van der Waals surface area contributed by atoms with Crippen LogP contribution in [0.4, 0.5) is 0 Å². The third kappa shape index (κ3) is 2.72. The number of nitrogens with one attached hydrogen (secondary N) is 1. The maximum Gasteiger partial charge on any atom is 0.0165 e. The fraction of sp³-hybridized carbons (Fsp3) is 0.636. The molecule has 0 aliphatic rings. The number of allylic oxidation sites excluding steroid dienone is 3. The van der Waals surface area contributed by atoms with Crippen LogP contribution in [0.3, 0.4) is 0 Å². The first-order valence-corrected chi connectivity index (χ1v) is 4.58. The van der Waals surface area contributed by atoms with Crippen molar-refractivity contribution in [3.8, 4) is 0 Å². The zero-order chi connectivity index (χ0) is 9.72. The molecule has 0 aliphatic carbocycles. The Bertz CT molecular complexity index is 175. The highest BCUT2D eigenvalue weighted by Gasteiger charge is 2.09. The van der Waals surface area contributed by atoms with Gasteiger partial charge in [-0.3, -0.25) is 0 Å². The number of hydrogen-bond donors (Lipinski definition) is 1. The van der Waals surface area contributed by atoms with Gasteiger partial charge in [0.2, 0.25) is 0 Å². The van der Waals surface area contributed by atoms with Crippen LogP contribution in [-0.2, 0) is 0 Å². The molecule has 12 heavy (non-hydrogen) atoms. The summed E-state index contributed by atoms with van der Waals surface area (Å²) in [5.41, 5.74) is 2.63. The van der Waals surface area contributed by atoms with E-state index < -0.39 is 0 Å². The first-order chi connectivity index (χ1) is 5.54. The molecular formula is C11H21N. The summed E-state index contributed by atoms with van der Waals surface area (Å²) in [4.78, 5) is 0. The van der Waals surface area contributed by atoms with Crippen LogP contribution in [0, 0.1) is 11.8 Å². The smallest absolute Gasteiger partial charge is 0.0165 e. The van der Waals surface area contributed by atoms with Crippen molar-refractivity contribution in [2.75, 3.05) is 7.05 Å². The first kappa shape index (κ1) is 11.3. The van der Waals surface area contributed by atoms with Crippen molar-refractivity contribution in [2.24, 2.45) is 11.8 Å². The van der Waals surface area contributed by atoms with Crippen molar-refractivity contribution in [2.45, 2.75) is 27.7 Å². The Hall–Kier alpha value is -0.720. The molecule has 1 N–H and O–H groups in total. The summed E-state index contributed by atoms with van der Waals surface area (Å²) in [6.07, 6.45) is 1.95. The number of rotatable bonds is 4. The monoisotopic (exact) mass is 167 g/mol. The Balaban J connectivity index is 4.87. The van der Waals surface area contributed by atoms with E-state index >= 15 is 0 Å². The van der Waals surface area contributed by atoms with Gasteiger partial charge in [-0.15, -0.1) is 0 Å². The molecule has 70 valence electrons. The summed E-state index contributed by atoms with van der Waals surface area (Å²) in [7, 11) is 1.97. The SMILES string of the molecule is C=C/C(=C(\NC)C(C)C)C(C)C. The van der Waals surface area contributed by atoms with Crippen molar-refractivity contribution in [1.82, 2.24) is 5.32 Å². The molecule has 0 saturated heterocycles. The van der Waals surface area contributed by atoms with Gasteiger partial charge in [-0.25, -0.2) is 0 Å². The lowest BCUT2D eigenvalue weighted by Crippen LogP contribution is -2.16. The molecule has 0 unspecified atom stereocenters. The average Bonchev–Trinajstić information content (AvgIpc) is 1.98. The van der Waals surface area contributed by atoms with E-state index in [1.165, 1.54) is 11.3 Å². The molecule has 1 nitrogen and oxygen atoms in total. The van der Waals surface area contributed by atoms with Crippen LogP contribution in [0.5, 0.6) is 0 Å². The maximum atomic E-state index is 3.84. The molecule has 0 aromatic carbocycles. The molecule has 0 aromatic rings. The predicted octanol–water partition coefficient (Wildman–Crippen LogP) is 2.96. The van der Waals surface area contributed by atoms with Crippen LogP contribution in [0.15, 0.2) is 23.9 Å². The Morgan fingerprint density at radius 3 is 1.75 bits per heavy atom. The molecule has 0 fully saturated rings. The lowest BCUT2D eigenvalue weighted by molar-refractivity contribution is 0.654. The highest BCUT2D eigenvalue weighted by Crippen LogP contribution is 2.19. The van der Waals surface area contributed by atoms with Crippen LogP contribution in [0.2, 0.25) is 0 Å². The maximum absolute atomic E-state index is 3.84. The molecule has 0 spiro atoms. The van der Waals surface area contributed by atoms with Gasteiger partial charge in [0.15, 0.2) is 0 Å². The molecule has 0 saturated carbocycles. The number of hydrogen-bond acceptors (Lipinski definition) is 1. The molecule has 0 radical (unpaired) electrons. The van der Waals surface area contributed by atoms with Gasteiger partial charge in [-0.05, 0) is 17.4 Å². The summed E-state index contributed by atoms with van der Waals surface area (Å²) in [6.45, 7) is 12.6. The van der Waals surface area contributed by atoms with Gasteiger partial charge in [0, 0.05) is 12.7 Å². The highest BCUT2D eigenvalue weighted by atomic mass is 14.8. The van der Waals surface area contributed by atoms with E-state index in [0.717, 1.165) is 0 Å². The van der Waals surface area contributed by atoms with Crippen molar-refractivity contribution in [3.63, 3.8) is 0 Å². The van der Waals surface area contributed by atoms with Gasteiger partial charge in [0.25, 0.3) is 0 Å². The van der Waals surface area contributed by atoms with Crippen molar-refractivity contribution in [1.29, 1.82) is 0 Å². The van der Waals surface area contributed by atoms with Crippen molar-refractivity contribution >= 4 is 0 Å². The standard InChI is InChI=1S/C11H21N/c1-7-10(8(2)3)11(12-6)9(4)5/h7-9,12H,1H2,2-6H3/b11-10+. The fourth-order valence-electron chi connectivity index (χ4n) is 1.42. The molecule has 0 bridgehead atoms. The van der Waals surface area contributed by atoms with Crippen LogP contribution in [0.25, 0.3) is 0 Å². The lowest BCUT2D eigenvalue weighted by Gasteiger charge is -2.18. The summed E-state index contributed by atoms with van der Waals surface area (Å²) in [6, 6.07) is 0. The quantitative estimate of drug-likeness (QED) is 0.635. The fourth-order valence-corrected chi connectivity index (χ4v) is 1.42. The second-order valence-corrected chi connectivity index (χ2v) is 3.63. The van der Waals surface area contributed by atoms with Gasteiger partial charge in [0.1, 0.15) is 0 Å². The van der Waals surface area contributed by atoms with Crippen molar-refractivity contribution < 1.29 is 0 Å². The Morgan fingerprint density at radius 1 is 1.17 bits per heavy atom. The average molecular weight is 167 g/mol. The molecule has 0 aromatic heterocycles. The van der Waals surface area contributed by atoms with Crippen LogP contribution < -0.4 is 5.32 Å². The topological polar surface area (TPSA) is 12.0 Å². The van der Waals surface area contributed by atoms with E-state index in [1.807, 2.05) is 13.1 Å².